The third-order valence-electron chi connectivity index (χ3n) is 7.05. The topological polar surface area (TPSA) is 109 Å². The van der Waals surface area contributed by atoms with E-state index in [1.807, 2.05) is 0 Å². The molecule has 0 radical (unpaired) electrons. The number of hydrogen-bond donors (Lipinski definition) is 2. The smallest absolute Gasteiger partial charge is 0.416 e. The molecular weight excluding hydrogens is 690 g/mol. The van der Waals surface area contributed by atoms with Gasteiger partial charge in [0, 0.05) is 26.5 Å². The number of carbonyl (C=O) groups is 3. The van der Waals surface area contributed by atoms with E-state index in [1.165, 1.54) is 24.3 Å². The number of aromatic amines is 1. The highest BCUT2D eigenvalue weighted by Crippen LogP contribution is 2.54. The van der Waals surface area contributed by atoms with Crippen LogP contribution in [0.1, 0.15) is 21.9 Å². The molecule has 226 valence electrons. The van der Waals surface area contributed by atoms with Crippen LogP contribution in [0.15, 0.2) is 81.0 Å². The summed E-state index contributed by atoms with van der Waals surface area (Å²) in [4.78, 5) is 56.5. The Labute approximate surface area is 262 Å². The second-order valence-corrected chi connectivity index (χ2v) is 12.9. The largest absolute Gasteiger partial charge is 0.483 e. The molecule has 0 bridgehead atoms. The van der Waals surface area contributed by atoms with Crippen LogP contribution in [-0.4, -0.2) is 34.6 Å². The minimum atomic E-state index is -4.59. The van der Waals surface area contributed by atoms with E-state index >= 15 is 0 Å². The number of imide groups is 1. The minimum absolute atomic E-state index is 0.0747. The quantitative estimate of drug-likeness (QED) is 0.183. The molecule has 6 rings (SSSR count). The predicted molar refractivity (Wildman–Crippen MR) is 159 cm³/mol. The number of thioether (sulfide) groups is 1. The molecule has 2 N–H and O–H groups in total. The highest BCUT2D eigenvalue weighted by molar-refractivity contribution is 9.10. The molecular formula is C29H18BrF4N3O5S2. The van der Waals surface area contributed by atoms with E-state index < -0.39 is 59.0 Å². The fourth-order valence-electron chi connectivity index (χ4n) is 5.20. The normalized spacial score (nSPS) is 19.5. The molecule has 4 aromatic rings. The van der Waals surface area contributed by atoms with E-state index in [0.717, 1.165) is 52.3 Å². The molecule has 15 heteroatoms. The number of carbonyl (C=O) groups excluding carboxylic acids is 3. The van der Waals surface area contributed by atoms with Crippen molar-refractivity contribution in [2.24, 2.45) is 5.92 Å². The van der Waals surface area contributed by atoms with Crippen molar-refractivity contribution in [2.45, 2.75) is 22.4 Å². The summed E-state index contributed by atoms with van der Waals surface area (Å²) in [6.45, 7) is -0.592. The van der Waals surface area contributed by atoms with Crippen LogP contribution in [0.25, 0.3) is 0 Å². The van der Waals surface area contributed by atoms with Crippen molar-refractivity contribution in [3.63, 3.8) is 0 Å². The molecule has 0 aliphatic carbocycles. The second-order valence-electron chi connectivity index (χ2n) is 9.84. The van der Waals surface area contributed by atoms with Gasteiger partial charge in [-0.05, 0) is 60.7 Å². The van der Waals surface area contributed by atoms with Crippen LogP contribution in [0.4, 0.5) is 28.9 Å². The molecule has 1 aromatic heterocycles. The number of thiazole rings is 1. The van der Waals surface area contributed by atoms with Crippen molar-refractivity contribution in [1.29, 1.82) is 0 Å². The first-order valence-electron chi connectivity index (χ1n) is 12.8. The molecule has 1 fully saturated rings. The predicted octanol–water partition coefficient (Wildman–Crippen LogP) is 6.17. The van der Waals surface area contributed by atoms with Gasteiger partial charge in [0.2, 0.25) is 11.8 Å². The molecule has 2 aliphatic rings. The van der Waals surface area contributed by atoms with Gasteiger partial charge in [0.25, 0.3) is 5.91 Å². The van der Waals surface area contributed by atoms with Gasteiger partial charge in [-0.1, -0.05) is 45.1 Å². The number of benzene rings is 3. The molecule has 0 spiro atoms. The highest BCUT2D eigenvalue weighted by atomic mass is 79.9. The van der Waals surface area contributed by atoms with Crippen molar-refractivity contribution in [2.75, 3.05) is 16.8 Å². The summed E-state index contributed by atoms with van der Waals surface area (Å²) in [5, 5.41) is 1.87. The Morgan fingerprint density at radius 1 is 1.02 bits per heavy atom. The number of alkyl halides is 3. The van der Waals surface area contributed by atoms with Crippen molar-refractivity contribution < 1.29 is 36.7 Å². The maximum atomic E-state index is 13.9. The second kappa shape index (κ2) is 11.5. The van der Waals surface area contributed by atoms with Crippen LogP contribution in [0, 0.1) is 11.7 Å². The van der Waals surface area contributed by atoms with Gasteiger partial charge in [-0.15, -0.1) is 0 Å². The molecule has 3 heterocycles. The van der Waals surface area contributed by atoms with E-state index in [9.17, 15) is 36.7 Å². The fourth-order valence-corrected chi connectivity index (χ4v) is 8.09. The minimum Gasteiger partial charge on any atom is -0.483 e. The third-order valence-corrected chi connectivity index (χ3v) is 9.94. The Morgan fingerprint density at radius 2 is 1.77 bits per heavy atom. The lowest BCUT2D eigenvalue weighted by Gasteiger charge is -2.31. The monoisotopic (exact) mass is 707 g/mol. The summed E-state index contributed by atoms with van der Waals surface area (Å²) < 4.78 is 59.3. The van der Waals surface area contributed by atoms with Gasteiger partial charge in [0.15, 0.2) is 6.61 Å². The number of aromatic nitrogens is 1. The summed E-state index contributed by atoms with van der Waals surface area (Å²) in [6, 6.07) is 13.9. The summed E-state index contributed by atoms with van der Waals surface area (Å²) in [7, 11) is 0. The number of fused-ring (bicyclic) bond motifs is 2. The number of hydrogen-bond acceptors (Lipinski definition) is 7. The number of rotatable bonds is 6. The average Bonchev–Trinajstić information content (AvgIpc) is 3.46. The molecule has 1 saturated heterocycles. The Kier molecular flexibility index (Phi) is 7.88. The van der Waals surface area contributed by atoms with Gasteiger partial charge in [-0.25, -0.2) is 9.29 Å². The summed E-state index contributed by atoms with van der Waals surface area (Å²) in [5.41, 5.74) is -0.402. The van der Waals surface area contributed by atoms with Crippen LogP contribution in [0.2, 0.25) is 0 Å². The van der Waals surface area contributed by atoms with Gasteiger partial charge < -0.3 is 15.0 Å². The van der Waals surface area contributed by atoms with Gasteiger partial charge in [-0.2, -0.15) is 13.2 Å². The fraction of sp³-hybridized carbons (Fsp3) is 0.172. The zero-order chi connectivity index (χ0) is 31.3. The third kappa shape index (κ3) is 5.66. The highest BCUT2D eigenvalue weighted by Gasteiger charge is 2.57. The summed E-state index contributed by atoms with van der Waals surface area (Å²) in [5.74, 6) is -4.02. The molecule has 2 unspecified atom stereocenters. The van der Waals surface area contributed by atoms with E-state index in [2.05, 4.69) is 26.2 Å². The lowest BCUT2D eigenvalue weighted by Crippen LogP contribution is -2.32. The van der Waals surface area contributed by atoms with Crippen LogP contribution in [-0.2, 0) is 20.6 Å². The lowest BCUT2D eigenvalue weighted by atomic mass is 9.82. The summed E-state index contributed by atoms with van der Waals surface area (Å²) in [6.07, 6.45) is -4.59. The maximum Gasteiger partial charge on any atom is 0.416 e. The number of ether oxygens (including phenoxy) is 1. The van der Waals surface area contributed by atoms with Gasteiger partial charge in [0.05, 0.1) is 22.2 Å². The molecule has 0 saturated carbocycles. The molecule has 8 nitrogen and oxygen atoms in total. The van der Waals surface area contributed by atoms with E-state index in [-0.39, 0.29) is 22.0 Å². The van der Waals surface area contributed by atoms with E-state index in [0.29, 0.717) is 19.9 Å². The molecule has 3 amide bonds. The molecule has 44 heavy (non-hydrogen) atoms. The number of nitrogens with one attached hydrogen (secondary N) is 2. The number of amides is 3. The van der Waals surface area contributed by atoms with Gasteiger partial charge in [-0.3, -0.25) is 19.2 Å². The Bertz CT molecular complexity index is 1860. The molecule has 3 aromatic carbocycles. The van der Waals surface area contributed by atoms with Crippen LogP contribution in [0.5, 0.6) is 5.75 Å². The SMILES string of the molecule is O=C(COc1ccc(Br)cc1[C@H]1c2sc(=O)[nH]c2SC2C(=O)N(c3ccc(F)cc3)C(=O)C21)Nc1cccc(C(F)(F)F)c1. The number of halogens is 5. The van der Waals surface area contributed by atoms with Crippen molar-refractivity contribution >= 4 is 68.1 Å². The zero-order valence-electron chi connectivity index (χ0n) is 22.0. The number of anilines is 2. The number of H-pyrrole nitrogens is 1. The van der Waals surface area contributed by atoms with Crippen molar-refractivity contribution in [1.82, 2.24) is 4.98 Å². The zero-order valence-corrected chi connectivity index (χ0v) is 25.2. The van der Waals surface area contributed by atoms with Crippen molar-refractivity contribution in [3.05, 3.63) is 103 Å². The van der Waals surface area contributed by atoms with E-state index in [4.69, 9.17) is 4.74 Å². The van der Waals surface area contributed by atoms with E-state index in [1.54, 1.807) is 18.2 Å². The lowest BCUT2D eigenvalue weighted by molar-refractivity contribution is -0.137. The van der Waals surface area contributed by atoms with Crippen LogP contribution < -0.4 is 19.8 Å². The van der Waals surface area contributed by atoms with Crippen LogP contribution in [0.3, 0.4) is 0 Å². The van der Waals surface area contributed by atoms with Gasteiger partial charge >= 0.3 is 11.0 Å². The first-order valence-corrected chi connectivity index (χ1v) is 15.3. The number of nitrogens with zero attached hydrogens (tertiary/aromatic N) is 1. The van der Waals surface area contributed by atoms with Gasteiger partial charge in [0.1, 0.15) is 16.8 Å². The Balaban J connectivity index is 1.33. The summed E-state index contributed by atoms with van der Waals surface area (Å²) >= 11 is 5.36. The maximum absolute atomic E-state index is 13.9. The Hall–Kier alpha value is -3.95. The average molecular weight is 709 g/mol. The van der Waals surface area contributed by atoms with Crippen LogP contribution >= 0.6 is 39.0 Å². The first kappa shape index (κ1) is 30.1. The van der Waals surface area contributed by atoms with Crippen molar-refractivity contribution in [3.8, 4) is 5.75 Å². The molecule has 2 aliphatic heterocycles. The first-order chi connectivity index (χ1) is 20.9. The standard InChI is InChI=1S/C29H18BrF4N3O5S2/c30-14-4-9-19(42-12-20(38)35-16-3-1-2-13(10-16)29(32,33)34)18(11-14)21-22-24(43-25-23(21)44-28(41)36-25)27(40)37(26(22)39)17-7-5-15(31)6-8-17/h1-11,21-22,24H,12H2,(H,35,38)(H,36,41)/t21-,22?,24?/m1/s1. The Morgan fingerprint density at radius 3 is 2.50 bits per heavy atom. The molecule has 3 atom stereocenters.